The Morgan fingerprint density at radius 3 is 2.65 bits per heavy atom. The second kappa shape index (κ2) is 4.75. The second-order valence-electron chi connectivity index (χ2n) is 3.62. The normalized spacial score (nSPS) is 10.3. The molecule has 3 nitrogen and oxygen atoms in total. The Morgan fingerprint density at radius 1 is 1.35 bits per heavy atom. The van der Waals surface area contributed by atoms with Gasteiger partial charge in [0.2, 0.25) is 0 Å². The molecule has 0 saturated carbocycles. The van der Waals surface area contributed by atoms with Crippen molar-refractivity contribution in [1.82, 2.24) is 0 Å². The molecule has 17 heavy (non-hydrogen) atoms. The maximum absolute atomic E-state index is 12.1. The Labute approximate surface area is 108 Å². The van der Waals surface area contributed by atoms with E-state index in [0.29, 0.717) is 21.3 Å². The average molecular weight is 295 g/mol. The summed E-state index contributed by atoms with van der Waals surface area (Å²) in [7, 11) is 1.59. The van der Waals surface area contributed by atoms with E-state index in [-0.39, 0.29) is 5.78 Å². The summed E-state index contributed by atoms with van der Waals surface area (Å²) in [6, 6.07) is 6.97. The van der Waals surface area contributed by atoms with E-state index in [4.69, 9.17) is 9.15 Å². The molecule has 0 spiro atoms. The first-order chi connectivity index (χ1) is 8.11. The first-order valence-electron chi connectivity index (χ1n) is 5.05. The van der Waals surface area contributed by atoms with Gasteiger partial charge in [-0.15, -0.1) is 0 Å². The summed E-state index contributed by atoms with van der Waals surface area (Å²) in [5.74, 6) is 1.35. The molecule has 1 aromatic heterocycles. The van der Waals surface area contributed by atoms with Crippen LogP contribution in [0.1, 0.15) is 21.7 Å². The van der Waals surface area contributed by atoms with Gasteiger partial charge in [0.05, 0.1) is 12.7 Å². The van der Waals surface area contributed by atoms with Gasteiger partial charge in [0, 0.05) is 10.0 Å². The average Bonchev–Trinajstić information content (AvgIpc) is 2.75. The van der Waals surface area contributed by atoms with Crippen molar-refractivity contribution in [3.05, 3.63) is 51.9 Å². The molecule has 0 unspecified atom stereocenters. The Balaban J connectivity index is 2.37. The lowest BCUT2D eigenvalue weighted by atomic mass is 10.1. The molecule has 0 aliphatic carbocycles. The second-order valence-corrected chi connectivity index (χ2v) is 4.48. The number of rotatable bonds is 3. The number of hydrogen-bond acceptors (Lipinski definition) is 3. The van der Waals surface area contributed by atoms with Crippen LogP contribution in [0.5, 0.6) is 5.75 Å². The lowest BCUT2D eigenvalue weighted by Crippen LogP contribution is -2.01. The van der Waals surface area contributed by atoms with Crippen LogP contribution in [0.25, 0.3) is 0 Å². The number of hydrogen-bond donors (Lipinski definition) is 0. The lowest BCUT2D eigenvalue weighted by Gasteiger charge is -2.04. The third kappa shape index (κ3) is 2.42. The Morgan fingerprint density at radius 2 is 2.12 bits per heavy atom. The molecule has 0 bridgehead atoms. The molecule has 88 valence electrons. The maximum atomic E-state index is 12.1. The molecule has 1 aromatic carbocycles. The predicted octanol–water partition coefficient (Wildman–Crippen LogP) is 3.59. The molecule has 0 fully saturated rings. The van der Waals surface area contributed by atoms with Gasteiger partial charge in [-0.3, -0.25) is 4.79 Å². The number of ether oxygens (including phenoxy) is 1. The van der Waals surface area contributed by atoms with Crippen LogP contribution in [0, 0.1) is 6.92 Å². The molecule has 2 aromatic rings. The van der Waals surface area contributed by atoms with E-state index in [1.807, 2.05) is 0 Å². The molecular formula is C13H11BrO3. The molecule has 0 N–H and O–H groups in total. The highest BCUT2D eigenvalue weighted by Gasteiger charge is 2.15. The van der Waals surface area contributed by atoms with Gasteiger partial charge in [0.15, 0.2) is 5.78 Å². The zero-order valence-electron chi connectivity index (χ0n) is 9.49. The van der Waals surface area contributed by atoms with E-state index in [0.717, 1.165) is 5.76 Å². The zero-order valence-corrected chi connectivity index (χ0v) is 11.1. The zero-order chi connectivity index (χ0) is 12.4. The highest BCUT2D eigenvalue weighted by Crippen LogP contribution is 2.25. The van der Waals surface area contributed by atoms with E-state index in [1.165, 1.54) is 6.26 Å². The largest absolute Gasteiger partial charge is 0.497 e. The highest BCUT2D eigenvalue weighted by molar-refractivity contribution is 9.10. The van der Waals surface area contributed by atoms with Gasteiger partial charge in [-0.25, -0.2) is 0 Å². The van der Waals surface area contributed by atoms with Crippen molar-refractivity contribution < 1.29 is 13.9 Å². The fraction of sp³-hybridized carbons (Fsp3) is 0.154. The van der Waals surface area contributed by atoms with Crippen LogP contribution in [0.15, 0.2) is 39.4 Å². The third-order valence-corrected chi connectivity index (χ3v) is 3.07. The van der Waals surface area contributed by atoms with Gasteiger partial charge < -0.3 is 9.15 Å². The van der Waals surface area contributed by atoms with Crippen molar-refractivity contribution in [3.8, 4) is 5.75 Å². The van der Waals surface area contributed by atoms with Gasteiger partial charge in [-0.05, 0) is 47.1 Å². The topological polar surface area (TPSA) is 39.4 Å². The number of halogens is 1. The van der Waals surface area contributed by atoms with E-state index in [2.05, 4.69) is 15.9 Å². The monoisotopic (exact) mass is 294 g/mol. The number of benzene rings is 1. The van der Waals surface area contributed by atoms with Crippen LogP contribution in [0.4, 0.5) is 0 Å². The lowest BCUT2D eigenvalue weighted by molar-refractivity contribution is 0.103. The number of carbonyl (C=O) groups is 1. The highest BCUT2D eigenvalue weighted by atomic mass is 79.9. The summed E-state index contributed by atoms with van der Waals surface area (Å²) in [5.41, 5.74) is 1.14. The summed E-state index contributed by atoms with van der Waals surface area (Å²) in [4.78, 5) is 12.1. The van der Waals surface area contributed by atoms with Crippen LogP contribution in [0.2, 0.25) is 0 Å². The molecule has 0 aliphatic heterocycles. The number of methoxy groups -OCH3 is 1. The molecule has 0 atom stereocenters. The van der Waals surface area contributed by atoms with Crippen molar-refractivity contribution in [3.63, 3.8) is 0 Å². The molecule has 0 saturated heterocycles. The van der Waals surface area contributed by atoms with Gasteiger partial charge in [-0.2, -0.15) is 0 Å². The fourth-order valence-electron chi connectivity index (χ4n) is 1.52. The van der Waals surface area contributed by atoms with E-state index >= 15 is 0 Å². The molecule has 0 amide bonds. The summed E-state index contributed by atoms with van der Waals surface area (Å²) >= 11 is 3.36. The molecule has 4 heteroatoms. The minimum absolute atomic E-state index is 0.0728. The van der Waals surface area contributed by atoms with Crippen LogP contribution < -0.4 is 4.74 Å². The van der Waals surface area contributed by atoms with Crippen molar-refractivity contribution in [2.45, 2.75) is 6.92 Å². The fourth-order valence-corrected chi connectivity index (χ4v) is 2.06. The predicted molar refractivity (Wildman–Crippen MR) is 67.6 cm³/mol. The SMILES string of the molecule is COc1ccc(C(=O)c2coc(C)c2)c(Br)c1. The molecule has 0 aliphatic rings. The van der Waals surface area contributed by atoms with Crippen LogP contribution in [0.3, 0.4) is 0 Å². The van der Waals surface area contributed by atoms with E-state index < -0.39 is 0 Å². The van der Waals surface area contributed by atoms with Crippen molar-refractivity contribution in [1.29, 1.82) is 0 Å². The van der Waals surface area contributed by atoms with Gasteiger partial charge in [-0.1, -0.05) is 0 Å². The minimum atomic E-state index is -0.0728. The molecular weight excluding hydrogens is 284 g/mol. The summed E-state index contributed by atoms with van der Waals surface area (Å²) < 4.78 is 10.9. The Bertz CT molecular complexity index is 558. The first kappa shape index (κ1) is 11.9. The van der Waals surface area contributed by atoms with Gasteiger partial charge in [0.1, 0.15) is 17.8 Å². The Kier molecular flexibility index (Phi) is 3.33. The van der Waals surface area contributed by atoms with Crippen LogP contribution in [-0.4, -0.2) is 12.9 Å². The molecule has 1 heterocycles. The first-order valence-corrected chi connectivity index (χ1v) is 5.84. The van der Waals surface area contributed by atoms with Crippen molar-refractivity contribution in [2.24, 2.45) is 0 Å². The standard InChI is InChI=1S/C13H11BrO3/c1-8-5-9(7-17-8)13(15)11-4-3-10(16-2)6-12(11)14/h3-7H,1-2H3. The molecule has 0 radical (unpaired) electrons. The van der Waals surface area contributed by atoms with Gasteiger partial charge >= 0.3 is 0 Å². The number of aryl methyl sites for hydroxylation is 1. The number of furan rings is 1. The van der Waals surface area contributed by atoms with Gasteiger partial charge in [0.25, 0.3) is 0 Å². The number of carbonyl (C=O) groups excluding carboxylic acids is 1. The molecule has 2 rings (SSSR count). The minimum Gasteiger partial charge on any atom is -0.497 e. The van der Waals surface area contributed by atoms with Crippen molar-refractivity contribution >= 4 is 21.7 Å². The van der Waals surface area contributed by atoms with E-state index in [9.17, 15) is 4.79 Å². The summed E-state index contributed by atoms with van der Waals surface area (Å²) in [6.45, 7) is 1.81. The van der Waals surface area contributed by atoms with E-state index in [1.54, 1.807) is 38.3 Å². The maximum Gasteiger partial charge on any atom is 0.197 e. The quantitative estimate of drug-likeness (QED) is 0.812. The smallest absolute Gasteiger partial charge is 0.197 e. The van der Waals surface area contributed by atoms with Crippen molar-refractivity contribution in [2.75, 3.05) is 7.11 Å². The number of ketones is 1. The third-order valence-electron chi connectivity index (χ3n) is 2.41. The van der Waals surface area contributed by atoms with Crippen LogP contribution in [-0.2, 0) is 0 Å². The van der Waals surface area contributed by atoms with Crippen LogP contribution >= 0.6 is 15.9 Å². The Hall–Kier alpha value is -1.55. The summed E-state index contributed by atoms with van der Waals surface area (Å²) in [5, 5.41) is 0. The summed E-state index contributed by atoms with van der Waals surface area (Å²) in [6.07, 6.45) is 1.47.